The predicted octanol–water partition coefficient (Wildman–Crippen LogP) is 5.42. The molecule has 4 rings (SSSR count). The second-order valence-electron chi connectivity index (χ2n) is 10.8. The van der Waals surface area contributed by atoms with Gasteiger partial charge in [-0.05, 0) is 43.6 Å². The molecule has 3 N–H and O–H groups in total. The largest absolute Gasteiger partial charge is 0.396 e. The fourth-order valence-corrected chi connectivity index (χ4v) is 9.41. The van der Waals surface area contributed by atoms with Crippen molar-refractivity contribution < 1.29 is 24.6 Å². The van der Waals surface area contributed by atoms with Crippen molar-refractivity contribution in [1.82, 2.24) is 0 Å². The van der Waals surface area contributed by atoms with Crippen LogP contribution in [0.1, 0.15) is 56.9 Å². The van der Waals surface area contributed by atoms with Gasteiger partial charge < -0.3 is 24.6 Å². The van der Waals surface area contributed by atoms with Gasteiger partial charge in [0.25, 0.3) is 0 Å². The molecule has 0 radical (unpaired) electrons. The lowest BCUT2D eigenvalue weighted by molar-refractivity contribution is -0.0370. The van der Waals surface area contributed by atoms with Gasteiger partial charge in [0.15, 0.2) is 0 Å². The van der Waals surface area contributed by atoms with Crippen LogP contribution in [-0.4, -0.2) is 45.9 Å². The minimum Gasteiger partial charge on any atom is -0.396 e. The quantitative estimate of drug-likeness (QED) is 0.234. The first-order valence-corrected chi connectivity index (χ1v) is 16.1. The number of rotatable bonds is 14. The highest BCUT2D eigenvalue weighted by Crippen LogP contribution is 2.53. The molecule has 6 heteroatoms. The molecule has 0 spiro atoms. The molecule has 1 fully saturated rings. The SMILES string of the molecule is O=P(c1ccccc1)(c1ccccc1)[C@H](C[C@H](OCc1ccccc1)C1CCCCC1)[C@@H](O)[C@H](O)CCCO. The highest BCUT2D eigenvalue weighted by molar-refractivity contribution is 7.79. The van der Waals surface area contributed by atoms with Crippen molar-refractivity contribution in [3.05, 3.63) is 96.6 Å². The average molecular weight is 551 g/mol. The lowest BCUT2D eigenvalue weighted by Gasteiger charge is -2.39. The van der Waals surface area contributed by atoms with Crippen molar-refractivity contribution in [1.29, 1.82) is 0 Å². The normalized spacial score (nSPS) is 17.8. The smallest absolute Gasteiger partial charge is 0.148 e. The van der Waals surface area contributed by atoms with Crippen molar-refractivity contribution in [2.75, 3.05) is 6.61 Å². The van der Waals surface area contributed by atoms with Crippen molar-refractivity contribution in [3.8, 4) is 0 Å². The first-order valence-electron chi connectivity index (χ1n) is 14.4. The Labute approximate surface area is 233 Å². The number of ether oxygens (including phenoxy) is 1. The Morgan fingerprint density at radius 3 is 1.87 bits per heavy atom. The molecule has 3 aromatic rings. The lowest BCUT2D eigenvalue weighted by Crippen LogP contribution is -2.45. The van der Waals surface area contributed by atoms with Gasteiger partial charge in [-0.2, -0.15) is 0 Å². The van der Waals surface area contributed by atoms with E-state index in [4.69, 9.17) is 4.74 Å². The number of benzene rings is 3. The van der Waals surface area contributed by atoms with Crippen LogP contribution >= 0.6 is 7.14 Å². The molecule has 1 aliphatic carbocycles. The summed E-state index contributed by atoms with van der Waals surface area (Å²) in [4.78, 5) is 0. The van der Waals surface area contributed by atoms with E-state index in [2.05, 4.69) is 0 Å². The molecule has 1 saturated carbocycles. The summed E-state index contributed by atoms with van der Waals surface area (Å²) in [6.45, 7) is 0.368. The topological polar surface area (TPSA) is 87.0 Å². The van der Waals surface area contributed by atoms with Crippen LogP contribution in [0.25, 0.3) is 0 Å². The van der Waals surface area contributed by atoms with Gasteiger partial charge in [0.2, 0.25) is 0 Å². The van der Waals surface area contributed by atoms with Crippen molar-refractivity contribution in [3.63, 3.8) is 0 Å². The van der Waals surface area contributed by atoms with E-state index in [0.717, 1.165) is 31.2 Å². The molecule has 5 nitrogen and oxygen atoms in total. The summed E-state index contributed by atoms with van der Waals surface area (Å²) < 4.78 is 22.1. The van der Waals surface area contributed by atoms with Crippen LogP contribution in [0.4, 0.5) is 0 Å². The maximum Gasteiger partial charge on any atom is 0.148 e. The Morgan fingerprint density at radius 1 is 0.795 bits per heavy atom. The van der Waals surface area contributed by atoms with Crippen LogP contribution in [0.2, 0.25) is 0 Å². The second kappa shape index (κ2) is 14.9. The van der Waals surface area contributed by atoms with Crippen molar-refractivity contribution >= 4 is 17.8 Å². The first kappa shape index (κ1) is 29.7. The molecule has 39 heavy (non-hydrogen) atoms. The monoisotopic (exact) mass is 550 g/mol. The molecule has 1 aliphatic rings. The zero-order valence-electron chi connectivity index (χ0n) is 22.7. The van der Waals surface area contributed by atoms with Gasteiger partial charge in [-0.15, -0.1) is 0 Å². The molecule has 3 aromatic carbocycles. The van der Waals surface area contributed by atoms with Crippen LogP contribution in [-0.2, 0) is 15.9 Å². The molecular formula is C33H43O5P. The van der Waals surface area contributed by atoms with Gasteiger partial charge in [-0.1, -0.05) is 110 Å². The third-order valence-electron chi connectivity index (χ3n) is 8.15. The predicted molar refractivity (Wildman–Crippen MR) is 158 cm³/mol. The van der Waals surface area contributed by atoms with E-state index in [1.54, 1.807) is 0 Å². The molecule has 0 amide bonds. The summed E-state index contributed by atoms with van der Waals surface area (Å²) in [5.41, 5.74) is 0.325. The molecule has 0 heterocycles. The summed E-state index contributed by atoms with van der Waals surface area (Å²) in [7, 11) is -3.43. The second-order valence-corrected chi connectivity index (χ2v) is 13.8. The summed E-state index contributed by atoms with van der Waals surface area (Å²) in [5, 5.41) is 33.5. The maximum absolute atomic E-state index is 15.5. The fraction of sp³-hybridized carbons (Fsp3) is 0.455. The standard InChI is InChI=1S/C33H43O5P/c34-23-13-22-30(35)33(36)32(39(37,28-18-9-3-10-19-28)29-20-11-4-12-21-29)24-31(27-16-7-2-8-17-27)38-25-26-14-5-1-6-15-26/h1,3-6,9-12,14-15,18-21,27,30-36H,2,7-8,13,16-17,22-25H2/t30-,31+,32-,33+/m1/s1. The summed E-state index contributed by atoms with van der Waals surface area (Å²) in [5.74, 6) is 0.298. The Bertz CT molecular complexity index is 1090. The van der Waals surface area contributed by atoms with E-state index in [0.29, 0.717) is 36.0 Å². The summed E-state index contributed by atoms with van der Waals surface area (Å²) in [6.07, 6.45) is 3.96. The molecule has 0 aromatic heterocycles. The van der Waals surface area contributed by atoms with Gasteiger partial charge in [-0.3, -0.25) is 0 Å². The van der Waals surface area contributed by atoms with Crippen LogP contribution in [0.3, 0.4) is 0 Å². The number of aliphatic hydroxyl groups is 3. The van der Waals surface area contributed by atoms with E-state index in [9.17, 15) is 15.3 Å². The Balaban J connectivity index is 1.75. The van der Waals surface area contributed by atoms with Crippen LogP contribution < -0.4 is 10.6 Å². The lowest BCUT2D eigenvalue weighted by atomic mass is 9.83. The molecule has 210 valence electrons. The molecule has 0 saturated heterocycles. The molecule has 4 atom stereocenters. The minimum atomic E-state index is -3.43. The van der Waals surface area contributed by atoms with Crippen molar-refractivity contribution in [2.45, 2.75) is 81.9 Å². The van der Waals surface area contributed by atoms with Crippen LogP contribution in [0.15, 0.2) is 91.0 Å². The van der Waals surface area contributed by atoms with E-state index >= 15 is 4.57 Å². The zero-order chi connectivity index (χ0) is 27.5. The molecule has 0 aliphatic heterocycles. The Hall–Kier alpha value is -2.27. The number of hydrogen-bond donors (Lipinski definition) is 3. The molecular weight excluding hydrogens is 507 g/mol. The van der Waals surface area contributed by atoms with Gasteiger partial charge in [0.1, 0.15) is 7.14 Å². The first-order chi connectivity index (χ1) is 19.0. The highest BCUT2D eigenvalue weighted by atomic mass is 31.2. The minimum absolute atomic E-state index is 0.0750. The van der Waals surface area contributed by atoms with Gasteiger partial charge in [0.05, 0.1) is 30.6 Å². The van der Waals surface area contributed by atoms with E-state index in [-0.39, 0.29) is 19.1 Å². The average Bonchev–Trinajstić information content (AvgIpc) is 3.01. The highest BCUT2D eigenvalue weighted by Gasteiger charge is 2.45. The fourth-order valence-electron chi connectivity index (χ4n) is 5.98. The third-order valence-corrected chi connectivity index (χ3v) is 11.7. The van der Waals surface area contributed by atoms with Gasteiger partial charge >= 0.3 is 0 Å². The van der Waals surface area contributed by atoms with Gasteiger partial charge in [0, 0.05) is 17.2 Å². The molecule has 0 unspecified atom stereocenters. The Morgan fingerprint density at radius 2 is 1.33 bits per heavy atom. The van der Waals surface area contributed by atoms with E-state index in [1.807, 2.05) is 91.0 Å². The number of hydrogen-bond acceptors (Lipinski definition) is 5. The summed E-state index contributed by atoms with van der Waals surface area (Å²) in [6, 6.07) is 28.8. The third kappa shape index (κ3) is 7.68. The zero-order valence-corrected chi connectivity index (χ0v) is 23.6. The van der Waals surface area contributed by atoms with Gasteiger partial charge in [-0.25, -0.2) is 0 Å². The van der Waals surface area contributed by atoms with Crippen LogP contribution in [0.5, 0.6) is 0 Å². The maximum atomic E-state index is 15.5. The summed E-state index contributed by atoms with van der Waals surface area (Å²) >= 11 is 0. The van der Waals surface area contributed by atoms with E-state index in [1.165, 1.54) is 6.42 Å². The molecule has 0 bridgehead atoms. The Kier molecular flexibility index (Phi) is 11.4. The number of aliphatic hydroxyl groups excluding tert-OH is 3. The van der Waals surface area contributed by atoms with Crippen LogP contribution in [0, 0.1) is 5.92 Å². The van der Waals surface area contributed by atoms with Crippen molar-refractivity contribution in [2.24, 2.45) is 5.92 Å². The van der Waals surface area contributed by atoms with E-state index < -0.39 is 25.0 Å².